The van der Waals surface area contributed by atoms with Crippen LogP contribution in [0.4, 0.5) is 8.78 Å². The van der Waals surface area contributed by atoms with Gasteiger partial charge in [-0.1, -0.05) is 93.2 Å². The third-order valence-corrected chi connectivity index (χ3v) is 16.8. The fraction of sp³-hybridized carbons (Fsp3) is 0.0375. The SMILES string of the molecule is CC(C)c1ccc2c(/C=C/C(=O)O)c[nH]c2c1.O=C(O)/C=C/c1c[nH]c2cc(Br)ccc12.O=C(O)/C=C/c1c[nH]c2cc(Cl)ccc12.O=C(O)/C=C/c1c[nH]c2cc(F)ccc12.O=C(O)/C=C/c1c[nH]c2ccc(Br)cc12.O=C(O)/C=C/c1c[nH]c2ccc(Cl)cc12.O=C(O)/C=C/c1c[nH]c2ccc(F)cc12. The van der Waals surface area contributed by atoms with Gasteiger partial charge in [0.05, 0.1) is 0 Å². The van der Waals surface area contributed by atoms with Crippen molar-refractivity contribution < 1.29 is 78.1 Å². The highest BCUT2D eigenvalue weighted by Crippen LogP contribution is 2.29. The minimum absolute atomic E-state index is 0.321. The average Bonchev–Trinajstić information content (AvgIpc) is 1.65. The number of H-pyrrole nitrogens is 7. The molecule has 0 spiro atoms. The molecule has 0 unspecified atom stereocenters. The molecule has 0 atom stereocenters. The molecule has 27 heteroatoms. The molecule has 14 aromatic rings. The van der Waals surface area contributed by atoms with Gasteiger partial charge in [0, 0.05) is 220 Å². The Hall–Kier alpha value is -12.8. The van der Waals surface area contributed by atoms with Gasteiger partial charge < -0.3 is 70.6 Å². The lowest BCUT2D eigenvalue weighted by Crippen LogP contribution is -1.86. The monoisotopic (exact) mass is 1610 g/mol. The summed E-state index contributed by atoms with van der Waals surface area (Å²) in [6, 6.07) is 37.4. The van der Waals surface area contributed by atoms with Gasteiger partial charge in [0.15, 0.2) is 0 Å². The van der Waals surface area contributed by atoms with Crippen LogP contribution in [0.3, 0.4) is 0 Å². The minimum Gasteiger partial charge on any atom is -0.478 e. The second kappa shape index (κ2) is 38.1. The van der Waals surface area contributed by atoms with E-state index in [4.69, 9.17) is 58.9 Å². The van der Waals surface area contributed by atoms with Crippen molar-refractivity contribution in [3.8, 4) is 0 Å². The van der Waals surface area contributed by atoms with E-state index in [1.54, 1.807) is 97.9 Å². The number of rotatable bonds is 15. The van der Waals surface area contributed by atoms with Crippen LogP contribution in [0.2, 0.25) is 10.0 Å². The van der Waals surface area contributed by atoms with Crippen molar-refractivity contribution in [3.05, 3.63) is 288 Å². The van der Waals surface area contributed by atoms with Crippen molar-refractivity contribution in [3.63, 3.8) is 0 Å². The molecule has 14 rings (SSSR count). The van der Waals surface area contributed by atoms with Crippen molar-refractivity contribution in [1.29, 1.82) is 0 Å². The summed E-state index contributed by atoms with van der Waals surface area (Å²) in [6.45, 7) is 4.30. The van der Waals surface area contributed by atoms with Gasteiger partial charge in [0.2, 0.25) is 0 Å². The van der Waals surface area contributed by atoms with E-state index in [0.717, 1.165) is 150 Å². The third-order valence-electron chi connectivity index (χ3n) is 15.3. The average molecular weight is 1620 g/mol. The van der Waals surface area contributed by atoms with Crippen LogP contribution in [0, 0.1) is 11.6 Å². The summed E-state index contributed by atoms with van der Waals surface area (Å²) in [6.07, 6.45) is 30.6. The number of aromatic nitrogens is 7. The van der Waals surface area contributed by atoms with Crippen LogP contribution in [0.5, 0.6) is 0 Å². The highest BCUT2D eigenvalue weighted by atomic mass is 79.9. The molecule has 21 nitrogen and oxygen atoms in total. The van der Waals surface area contributed by atoms with Crippen molar-refractivity contribution in [2.75, 3.05) is 0 Å². The molecule has 544 valence electrons. The van der Waals surface area contributed by atoms with Crippen LogP contribution >= 0.6 is 55.1 Å². The number of aromatic amines is 7. The van der Waals surface area contributed by atoms with Gasteiger partial charge >= 0.3 is 41.8 Å². The number of benzene rings is 7. The van der Waals surface area contributed by atoms with Crippen molar-refractivity contribution in [2.45, 2.75) is 19.8 Å². The second-order valence-corrected chi connectivity index (χ2v) is 25.7. The van der Waals surface area contributed by atoms with Gasteiger partial charge in [0.1, 0.15) is 11.6 Å². The van der Waals surface area contributed by atoms with Crippen LogP contribution in [-0.2, 0) is 33.6 Å². The normalized spacial score (nSPS) is 11.3. The molecular weight excluding hydrogens is 1550 g/mol. The second-order valence-electron chi connectivity index (χ2n) is 23.0. The molecule has 0 aliphatic rings. The summed E-state index contributed by atoms with van der Waals surface area (Å²) >= 11 is 18.4. The zero-order chi connectivity index (χ0) is 77.4. The minimum atomic E-state index is -1.03. The number of carbonyl (C=O) groups is 7. The Kier molecular flexibility index (Phi) is 28.4. The molecule has 0 amide bonds. The first-order chi connectivity index (χ1) is 51.1. The predicted octanol–water partition coefficient (Wildman–Crippen LogP) is 20.1. The van der Waals surface area contributed by atoms with E-state index >= 15 is 0 Å². The van der Waals surface area contributed by atoms with E-state index in [2.05, 4.69) is 92.7 Å². The fourth-order valence-electron chi connectivity index (χ4n) is 10.3. The summed E-state index contributed by atoms with van der Waals surface area (Å²) < 4.78 is 27.7. The highest BCUT2D eigenvalue weighted by Gasteiger charge is 2.10. The number of carboxylic acids is 7. The Bertz CT molecular complexity index is 5350. The molecule has 107 heavy (non-hydrogen) atoms. The number of nitrogens with one attached hydrogen (secondary N) is 7. The maximum absolute atomic E-state index is 12.9. The molecule has 7 heterocycles. The topological polar surface area (TPSA) is 372 Å². The molecule has 0 aliphatic heterocycles. The van der Waals surface area contributed by atoms with Gasteiger partial charge in [-0.25, -0.2) is 42.3 Å². The van der Waals surface area contributed by atoms with Gasteiger partial charge in [0.25, 0.3) is 0 Å². The lowest BCUT2D eigenvalue weighted by molar-refractivity contribution is -0.132. The summed E-state index contributed by atoms with van der Waals surface area (Å²) in [7, 11) is 0. The first-order valence-electron chi connectivity index (χ1n) is 31.7. The Morgan fingerprint density at radius 1 is 0.308 bits per heavy atom. The van der Waals surface area contributed by atoms with Gasteiger partial charge in [-0.2, -0.15) is 0 Å². The van der Waals surface area contributed by atoms with Crippen LogP contribution in [0.1, 0.15) is 64.3 Å². The van der Waals surface area contributed by atoms with Crippen molar-refractivity contribution in [1.82, 2.24) is 34.9 Å². The number of aliphatic carboxylic acids is 7. The molecule has 0 saturated heterocycles. The lowest BCUT2D eigenvalue weighted by Gasteiger charge is -2.04. The lowest BCUT2D eigenvalue weighted by atomic mass is 10.0. The maximum atomic E-state index is 12.9. The van der Waals surface area contributed by atoms with E-state index < -0.39 is 41.8 Å². The number of halogens is 6. The molecule has 14 N–H and O–H groups in total. The van der Waals surface area contributed by atoms with E-state index in [-0.39, 0.29) is 11.6 Å². The molecule has 0 saturated carbocycles. The zero-order valence-corrected chi connectivity index (χ0v) is 60.8. The van der Waals surface area contributed by atoms with Crippen molar-refractivity contribution in [2.24, 2.45) is 0 Å². The molecular formula is C80H63Br2Cl2F2N7O14. The summed E-state index contributed by atoms with van der Waals surface area (Å²) in [5, 5.41) is 67.3. The van der Waals surface area contributed by atoms with Gasteiger partial charge in [-0.3, -0.25) is 0 Å². The summed E-state index contributed by atoms with van der Waals surface area (Å²) in [4.78, 5) is 93.8. The Labute approximate surface area is 632 Å². The molecule has 0 radical (unpaired) electrons. The quantitative estimate of drug-likeness (QED) is 0.0424. The standard InChI is InChI=1S/C14H15NO2.2C11H8BrNO2.2C11H8ClNO2.2C11H8FNO2/c1-9(2)10-3-5-12-11(4-6-14(16)17)8-15-13(12)7-10;12-8-2-3-10-9(5-8)7(6-13-10)1-4-11(14)15;12-8-2-3-9-7(1-4-11(14)15)6-13-10(9)5-8;12-8-2-3-10-9(5-8)7(6-13-10)1-4-11(14)15;12-8-2-3-9-7(1-4-11(14)15)6-13-10(9)5-8;12-8-2-3-10-9(5-8)7(6-13-10)1-4-11(14)15;12-8-2-3-9-7(1-4-11(14)15)6-13-10(9)5-8/h3-9,15H,1-2H3,(H,16,17);6*1-6,13H,(H,14,15)/b6-4+;6*4-1+. The number of hydrogen-bond acceptors (Lipinski definition) is 7. The third kappa shape index (κ3) is 23.9. The molecule has 0 bridgehead atoms. The van der Waals surface area contributed by atoms with Crippen molar-refractivity contribution >= 4 is 216 Å². The van der Waals surface area contributed by atoms with E-state index in [0.29, 0.717) is 32.4 Å². The van der Waals surface area contributed by atoms with Crippen LogP contribution in [0.25, 0.3) is 119 Å². The zero-order valence-electron chi connectivity index (χ0n) is 56.1. The number of fused-ring (bicyclic) bond motifs is 7. The summed E-state index contributed by atoms with van der Waals surface area (Å²) in [5.41, 5.74) is 13.2. The highest BCUT2D eigenvalue weighted by molar-refractivity contribution is 9.10. The molecule has 7 aromatic carbocycles. The smallest absolute Gasteiger partial charge is 0.328 e. The van der Waals surface area contributed by atoms with E-state index in [9.17, 15) is 42.3 Å². The van der Waals surface area contributed by atoms with Crippen LogP contribution in [0.15, 0.2) is 222 Å². The first kappa shape index (κ1) is 79.9. The summed E-state index contributed by atoms with van der Waals surface area (Å²) in [5.74, 6) is -6.96. The first-order valence-corrected chi connectivity index (χ1v) is 34.0. The number of hydrogen-bond donors (Lipinski definition) is 14. The maximum Gasteiger partial charge on any atom is 0.328 e. The predicted molar refractivity (Wildman–Crippen MR) is 424 cm³/mol. The largest absolute Gasteiger partial charge is 0.478 e. The Morgan fingerprint density at radius 3 is 0.981 bits per heavy atom. The molecule has 0 fully saturated rings. The van der Waals surface area contributed by atoms with E-state index in [1.807, 2.05) is 60.8 Å². The number of carboxylic acid groups (broad SMARTS) is 7. The Balaban J connectivity index is 0.000000158. The molecule has 7 aromatic heterocycles. The van der Waals surface area contributed by atoms with Crippen LogP contribution < -0.4 is 0 Å². The van der Waals surface area contributed by atoms with Gasteiger partial charge in [-0.05, 0) is 157 Å². The van der Waals surface area contributed by atoms with E-state index in [1.165, 1.54) is 48.1 Å². The van der Waals surface area contributed by atoms with Gasteiger partial charge in [-0.15, -0.1) is 0 Å². The van der Waals surface area contributed by atoms with Crippen LogP contribution in [-0.4, -0.2) is 112 Å². The molecule has 0 aliphatic carbocycles. The fourth-order valence-corrected chi connectivity index (χ4v) is 11.4. The Morgan fingerprint density at radius 2 is 0.570 bits per heavy atom.